The molecule has 1 unspecified atom stereocenters. The molecule has 4 aromatic rings. The number of aryl methyl sites for hydroxylation is 2. The third-order valence-electron chi connectivity index (χ3n) is 10.8. The zero-order valence-corrected chi connectivity index (χ0v) is 29.6. The quantitative estimate of drug-likeness (QED) is 0.217. The number of amides is 2. The van der Waals surface area contributed by atoms with E-state index in [2.05, 4.69) is 20.5 Å². The van der Waals surface area contributed by atoms with Crippen LogP contribution >= 0.6 is 11.3 Å². The first-order chi connectivity index (χ1) is 24.7. The first kappa shape index (κ1) is 33.7. The SMILES string of the molecule is Cc1cnc(N2CC3(CCOCC3)C2)c(C(=O)CCc2ccc(C(=O)N3CCc4cc(C(=O)NC5CCNC5)sc4-c4ccc(F)cc43)cc2)c1. The fourth-order valence-electron chi connectivity index (χ4n) is 7.89. The van der Waals surface area contributed by atoms with Gasteiger partial charge in [-0.1, -0.05) is 12.1 Å². The van der Waals surface area contributed by atoms with Crippen LogP contribution in [0.3, 0.4) is 0 Å². The van der Waals surface area contributed by atoms with Gasteiger partial charge in [-0.15, -0.1) is 11.3 Å². The number of carbonyl (C=O) groups is 3. The summed E-state index contributed by atoms with van der Waals surface area (Å²) < 4.78 is 20.3. The van der Waals surface area contributed by atoms with E-state index in [1.165, 1.54) is 23.5 Å². The van der Waals surface area contributed by atoms with E-state index in [1.54, 1.807) is 23.1 Å². The summed E-state index contributed by atoms with van der Waals surface area (Å²) in [4.78, 5) is 50.7. The van der Waals surface area contributed by atoms with Crippen molar-refractivity contribution in [2.75, 3.05) is 55.7 Å². The minimum atomic E-state index is -0.428. The maximum absolute atomic E-state index is 14.7. The fourth-order valence-corrected chi connectivity index (χ4v) is 9.04. The van der Waals surface area contributed by atoms with Crippen LogP contribution in [0.2, 0.25) is 0 Å². The first-order valence-corrected chi connectivity index (χ1v) is 18.7. The molecule has 2 aromatic carbocycles. The average molecular weight is 708 g/mol. The Morgan fingerprint density at radius 3 is 2.65 bits per heavy atom. The molecule has 6 heterocycles. The van der Waals surface area contributed by atoms with E-state index in [-0.39, 0.29) is 29.1 Å². The number of fused-ring (bicyclic) bond motifs is 3. The Balaban J connectivity index is 0.945. The summed E-state index contributed by atoms with van der Waals surface area (Å²) in [5, 5.41) is 6.38. The number of nitrogens with one attached hydrogen (secondary N) is 2. The molecule has 0 aliphatic carbocycles. The number of hydrogen-bond donors (Lipinski definition) is 2. The van der Waals surface area contributed by atoms with E-state index >= 15 is 0 Å². The number of hydrogen-bond acceptors (Lipinski definition) is 8. The van der Waals surface area contributed by atoms with Crippen LogP contribution in [0.4, 0.5) is 15.9 Å². The van der Waals surface area contributed by atoms with Crippen LogP contribution < -0.4 is 20.4 Å². The van der Waals surface area contributed by atoms with Crippen molar-refractivity contribution in [3.63, 3.8) is 0 Å². The third kappa shape index (κ3) is 6.82. The van der Waals surface area contributed by atoms with Gasteiger partial charge in [0.25, 0.3) is 11.8 Å². The van der Waals surface area contributed by atoms with Crippen LogP contribution in [0.5, 0.6) is 0 Å². The molecule has 9 nitrogen and oxygen atoms in total. The molecule has 0 bridgehead atoms. The largest absolute Gasteiger partial charge is 0.381 e. The Hall–Kier alpha value is -4.45. The Kier molecular flexibility index (Phi) is 9.20. The second kappa shape index (κ2) is 13.9. The number of Topliss-reactive ketones (excluding diaryl/α,β-unsaturated/α-hetero) is 1. The number of aromatic nitrogens is 1. The lowest BCUT2D eigenvalue weighted by Crippen LogP contribution is -2.59. The molecule has 264 valence electrons. The standard InChI is InChI=1S/C40H42FN5O4S/c1-25-18-32(37(43-21-25)45-23-40(24-45)12-16-50-17-13-40)34(47)9-4-26-2-5-27(6-3-26)39(49)46-15-11-28-19-35(38(48)44-30-10-14-42-22-30)51-36(28)31-8-7-29(41)20-33(31)46/h2-3,5-8,18-21,30,42H,4,9-17,22-24H2,1H3,(H,44,48). The van der Waals surface area contributed by atoms with Gasteiger partial charge >= 0.3 is 0 Å². The van der Waals surface area contributed by atoms with Crippen LogP contribution in [0.15, 0.2) is 60.8 Å². The number of pyridine rings is 1. The van der Waals surface area contributed by atoms with Gasteiger partial charge in [0.15, 0.2) is 5.78 Å². The van der Waals surface area contributed by atoms with Crippen LogP contribution in [0, 0.1) is 18.2 Å². The molecule has 3 saturated heterocycles. The number of ether oxygens (including phenoxy) is 1. The molecule has 8 rings (SSSR count). The zero-order chi connectivity index (χ0) is 35.1. The lowest BCUT2D eigenvalue weighted by Gasteiger charge is -2.53. The number of rotatable bonds is 8. The van der Waals surface area contributed by atoms with Gasteiger partial charge in [0.2, 0.25) is 0 Å². The molecule has 1 atom stereocenters. The number of halogens is 1. The van der Waals surface area contributed by atoms with Crippen LogP contribution in [-0.2, 0) is 17.6 Å². The van der Waals surface area contributed by atoms with E-state index in [4.69, 9.17) is 4.74 Å². The highest BCUT2D eigenvalue weighted by atomic mass is 32.1. The Labute approximate surface area is 301 Å². The van der Waals surface area contributed by atoms with Crippen molar-refractivity contribution in [1.82, 2.24) is 15.6 Å². The molecule has 0 saturated carbocycles. The highest BCUT2D eigenvalue weighted by Crippen LogP contribution is 2.44. The number of nitrogens with zero attached hydrogens (tertiary/aromatic N) is 3. The molecule has 2 amide bonds. The van der Waals surface area contributed by atoms with Gasteiger partial charge in [0.1, 0.15) is 11.6 Å². The van der Waals surface area contributed by atoms with Crippen molar-refractivity contribution in [3.05, 3.63) is 99.3 Å². The van der Waals surface area contributed by atoms with E-state index in [0.717, 1.165) is 91.6 Å². The normalized spacial score (nSPS) is 19.2. The van der Waals surface area contributed by atoms with E-state index < -0.39 is 5.82 Å². The molecule has 2 aromatic heterocycles. The predicted octanol–water partition coefficient (Wildman–Crippen LogP) is 5.98. The summed E-state index contributed by atoms with van der Waals surface area (Å²) in [5.74, 6) is 0.0753. The van der Waals surface area contributed by atoms with E-state index in [9.17, 15) is 18.8 Å². The lowest BCUT2D eigenvalue weighted by atomic mass is 9.73. The minimum Gasteiger partial charge on any atom is -0.381 e. The molecule has 4 aliphatic heterocycles. The van der Waals surface area contributed by atoms with Crippen LogP contribution in [0.1, 0.15) is 72.8 Å². The predicted molar refractivity (Wildman–Crippen MR) is 197 cm³/mol. The summed E-state index contributed by atoms with van der Waals surface area (Å²) in [5.41, 5.74) is 5.55. The lowest BCUT2D eigenvalue weighted by molar-refractivity contribution is -0.000516. The second-order valence-electron chi connectivity index (χ2n) is 14.5. The van der Waals surface area contributed by atoms with Crippen molar-refractivity contribution in [3.8, 4) is 10.4 Å². The van der Waals surface area contributed by atoms with Gasteiger partial charge in [-0.05, 0) is 105 Å². The van der Waals surface area contributed by atoms with Gasteiger partial charge in [-0.25, -0.2) is 9.37 Å². The number of thiophene rings is 1. The topological polar surface area (TPSA) is 104 Å². The Bertz CT molecular complexity index is 1970. The maximum Gasteiger partial charge on any atom is 0.261 e. The van der Waals surface area contributed by atoms with Crippen molar-refractivity contribution >= 4 is 40.4 Å². The van der Waals surface area contributed by atoms with Crippen molar-refractivity contribution in [1.29, 1.82) is 0 Å². The summed E-state index contributed by atoms with van der Waals surface area (Å²) in [7, 11) is 0. The molecule has 4 aliphatic rings. The monoisotopic (exact) mass is 707 g/mol. The zero-order valence-electron chi connectivity index (χ0n) is 28.8. The molecule has 1 spiro atoms. The number of benzene rings is 2. The number of ketones is 1. The summed E-state index contributed by atoms with van der Waals surface area (Å²) >= 11 is 1.39. The van der Waals surface area contributed by atoms with E-state index in [1.807, 2.05) is 37.4 Å². The van der Waals surface area contributed by atoms with Crippen molar-refractivity contribution < 1.29 is 23.5 Å². The van der Waals surface area contributed by atoms with Gasteiger partial charge < -0.3 is 25.2 Å². The Morgan fingerprint density at radius 1 is 1.08 bits per heavy atom. The molecular formula is C40H42FN5O4S. The molecule has 51 heavy (non-hydrogen) atoms. The van der Waals surface area contributed by atoms with Crippen molar-refractivity contribution in [2.24, 2.45) is 5.41 Å². The molecule has 3 fully saturated rings. The smallest absolute Gasteiger partial charge is 0.261 e. The van der Waals surface area contributed by atoms with Crippen LogP contribution in [0.25, 0.3) is 10.4 Å². The molecular weight excluding hydrogens is 666 g/mol. The summed E-state index contributed by atoms with van der Waals surface area (Å²) in [6.45, 7) is 7.36. The minimum absolute atomic E-state index is 0.0566. The van der Waals surface area contributed by atoms with Gasteiger partial charge in [0, 0.05) is 79.5 Å². The number of carbonyl (C=O) groups excluding carboxylic acids is 3. The van der Waals surface area contributed by atoms with E-state index in [0.29, 0.717) is 47.5 Å². The van der Waals surface area contributed by atoms with Gasteiger partial charge in [0.05, 0.1) is 16.1 Å². The van der Waals surface area contributed by atoms with Crippen LogP contribution in [-0.4, -0.2) is 74.6 Å². The van der Waals surface area contributed by atoms with Crippen molar-refractivity contribution in [2.45, 2.75) is 51.5 Å². The highest BCUT2D eigenvalue weighted by molar-refractivity contribution is 7.17. The van der Waals surface area contributed by atoms with Gasteiger partial charge in [-0.2, -0.15) is 0 Å². The summed E-state index contributed by atoms with van der Waals surface area (Å²) in [6.07, 6.45) is 6.23. The molecule has 11 heteroatoms. The maximum atomic E-state index is 14.7. The first-order valence-electron chi connectivity index (χ1n) is 17.9. The third-order valence-corrected chi connectivity index (χ3v) is 12.0. The van der Waals surface area contributed by atoms with Gasteiger partial charge in [-0.3, -0.25) is 14.4 Å². The second-order valence-corrected chi connectivity index (χ2v) is 15.5. The number of anilines is 2. The Morgan fingerprint density at radius 2 is 1.88 bits per heavy atom. The highest BCUT2D eigenvalue weighted by Gasteiger charge is 2.45. The summed E-state index contributed by atoms with van der Waals surface area (Å²) in [6, 6.07) is 15.8. The molecule has 0 radical (unpaired) electrons. The average Bonchev–Trinajstić information content (AvgIpc) is 3.78. The fraction of sp³-hybridized carbons (Fsp3) is 0.400. The molecule has 2 N–H and O–H groups in total.